The number of thioether (sulfide) groups is 1. The minimum atomic E-state index is -0.231. The van der Waals surface area contributed by atoms with Gasteiger partial charge in [0.2, 0.25) is 0 Å². The Labute approximate surface area is 333 Å². The summed E-state index contributed by atoms with van der Waals surface area (Å²) in [5.74, 6) is 0.722. The molecular weight excluding hydrogens is 687 g/mol. The average molecular weight is 743 g/mol. The van der Waals surface area contributed by atoms with Crippen molar-refractivity contribution >= 4 is 45.3 Å². The molecule has 0 spiro atoms. The molecule has 5 aromatic carbocycles. The van der Waals surface area contributed by atoms with Crippen molar-refractivity contribution in [3.63, 3.8) is 0 Å². The molecule has 1 fully saturated rings. The Hall–Kier alpha value is -5.03. The molecule has 1 heterocycles. The molecule has 4 heteroatoms. The Morgan fingerprint density at radius 3 is 2.20 bits per heavy atom. The Morgan fingerprint density at radius 1 is 0.800 bits per heavy atom. The Balaban J connectivity index is 1.25. The second-order valence-electron chi connectivity index (χ2n) is 15.4. The fourth-order valence-electron chi connectivity index (χ4n) is 7.99. The van der Waals surface area contributed by atoms with Gasteiger partial charge < -0.3 is 15.1 Å². The van der Waals surface area contributed by atoms with E-state index in [0.717, 1.165) is 48.1 Å². The summed E-state index contributed by atoms with van der Waals surface area (Å²) < 4.78 is 0. The van der Waals surface area contributed by atoms with Crippen LogP contribution in [0.3, 0.4) is 0 Å². The first-order chi connectivity index (χ1) is 26.9. The van der Waals surface area contributed by atoms with Crippen molar-refractivity contribution in [2.45, 2.75) is 69.6 Å². The van der Waals surface area contributed by atoms with Gasteiger partial charge >= 0.3 is 0 Å². The number of hydrogen-bond acceptors (Lipinski definition) is 3. The maximum atomic E-state index is 4.61. The molecule has 55 heavy (non-hydrogen) atoms. The van der Waals surface area contributed by atoms with Crippen LogP contribution in [0.4, 0.5) is 22.7 Å². The lowest BCUT2D eigenvalue weighted by atomic mass is 9.77. The third-order valence-corrected chi connectivity index (χ3v) is 12.4. The van der Waals surface area contributed by atoms with Gasteiger partial charge in [0.15, 0.2) is 0 Å². The van der Waals surface area contributed by atoms with Crippen molar-refractivity contribution in [2.75, 3.05) is 22.9 Å². The number of rotatable bonds is 14. The highest BCUT2D eigenvalue weighted by atomic mass is 32.2. The van der Waals surface area contributed by atoms with Gasteiger partial charge in [0.25, 0.3) is 0 Å². The van der Waals surface area contributed by atoms with Crippen LogP contribution in [0.25, 0.3) is 10.8 Å². The van der Waals surface area contributed by atoms with Gasteiger partial charge in [-0.3, -0.25) is 0 Å². The summed E-state index contributed by atoms with van der Waals surface area (Å²) in [5, 5.41) is 6.30. The second kappa shape index (κ2) is 18.1. The molecule has 0 bridgehead atoms. The van der Waals surface area contributed by atoms with E-state index in [-0.39, 0.29) is 5.41 Å². The highest BCUT2D eigenvalue weighted by Crippen LogP contribution is 2.50. The largest absolute Gasteiger partial charge is 0.335 e. The Bertz CT molecular complexity index is 2150. The molecule has 1 saturated carbocycles. The summed E-state index contributed by atoms with van der Waals surface area (Å²) in [6.45, 7) is 13.6. The maximum absolute atomic E-state index is 4.61. The number of allylic oxidation sites excluding steroid dienone is 7. The van der Waals surface area contributed by atoms with Gasteiger partial charge in [0, 0.05) is 39.5 Å². The molecule has 1 aliphatic heterocycles. The number of nitrogens with two attached hydrogens (primary N) is 1. The predicted octanol–water partition coefficient (Wildman–Crippen LogP) is 13.1. The normalized spacial score (nSPS) is 16.1. The van der Waals surface area contributed by atoms with Crippen molar-refractivity contribution in [3.05, 3.63) is 186 Å². The van der Waals surface area contributed by atoms with Crippen molar-refractivity contribution in [1.82, 2.24) is 0 Å². The van der Waals surface area contributed by atoms with Crippen LogP contribution in [0.15, 0.2) is 186 Å². The van der Waals surface area contributed by atoms with Crippen LogP contribution in [0.1, 0.15) is 64.9 Å². The van der Waals surface area contributed by atoms with Crippen molar-refractivity contribution in [2.24, 2.45) is 5.92 Å². The Morgan fingerprint density at radius 2 is 1.47 bits per heavy atom. The molecule has 5 aromatic rings. The minimum Gasteiger partial charge on any atom is -0.335 e. The molecule has 7 rings (SSSR count). The fourth-order valence-corrected chi connectivity index (χ4v) is 9.21. The smallest absolute Gasteiger partial charge is 0.133 e. The van der Waals surface area contributed by atoms with E-state index < -0.39 is 0 Å². The number of benzene rings is 5. The Kier molecular flexibility index (Phi) is 12.6. The van der Waals surface area contributed by atoms with Gasteiger partial charge in [0.05, 0.1) is 17.3 Å². The van der Waals surface area contributed by atoms with E-state index >= 15 is 0 Å². The van der Waals surface area contributed by atoms with Gasteiger partial charge in [0.1, 0.15) is 5.69 Å². The lowest BCUT2D eigenvalue weighted by Crippen LogP contribution is -2.78. The zero-order valence-electron chi connectivity index (χ0n) is 32.8. The molecule has 0 atom stereocenters. The van der Waals surface area contributed by atoms with Crippen LogP contribution >= 0.6 is 11.8 Å². The van der Waals surface area contributed by atoms with Crippen LogP contribution in [0.2, 0.25) is 0 Å². The zero-order valence-corrected chi connectivity index (χ0v) is 33.6. The van der Waals surface area contributed by atoms with E-state index in [4.69, 9.17) is 0 Å². The molecule has 280 valence electrons. The van der Waals surface area contributed by atoms with Crippen LogP contribution in [0.5, 0.6) is 0 Å². The molecule has 2 aliphatic rings. The van der Waals surface area contributed by atoms with E-state index in [1.54, 1.807) is 0 Å². The summed E-state index contributed by atoms with van der Waals surface area (Å²) >= 11 is 1.92. The van der Waals surface area contributed by atoms with Crippen LogP contribution in [-0.4, -0.2) is 13.1 Å². The lowest BCUT2D eigenvalue weighted by Gasteiger charge is -2.29. The number of quaternary nitrogens is 1. The number of anilines is 3. The summed E-state index contributed by atoms with van der Waals surface area (Å²) in [6.07, 6.45) is 21.3. The van der Waals surface area contributed by atoms with E-state index in [9.17, 15) is 0 Å². The molecule has 0 saturated heterocycles. The highest BCUT2D eigenvalue weighted by Gasteiger charge is 2.30. The van der Waals surface area contributed by atoms with E-state index in [2.05, 4.69) is 200 Å². The topological polar surface area (TPSA) is 23.1 Å². The summed E-state index contributed by atoms with van der Waals surface area (Å²) in [6, 6.07) is 43.6. The number of para-hydroxylation sites is 3. The first-order valence-electron chi connectivity index (χ1n) is 20.2. The molecule has 0 aromatic heterocycles. The first kappa shape index (κ1) is 38.3. The number of fused-ring (bicyclic) bond motifs is 3. The van der Waals surface area contributed by atoms with Crippen LogP contribution < -0.4 is 15.1 Å². The molecule has 2 N–H and O–H groups in total. The standard InChI is InChI=1S/C51H55N3S/c1-5-37-52-47-33-18-17-32-46(47)51(3,4)39(2)21-19-29-44(54(42-25-11-7-12-26-42)43-27-13-8-14-28-43)30-20-34-49-53(38-40-22-9-6-10-23-40)48-36-35-41-24-15-16-31-45(41)50(48)55-49/h7-8,11-21,24-36,40,52H,2,5-6,9-10,22-23,37-38H2,1,3-4H3/p+1/b21-19+,30-20+,44-29-,49-34-. The summed E-state index contributed by atoms with van der Waals surface area (Å²) in [4.78, 5) is 6.31. The quantitative estimate of drug-likeness (QED) is 0.0905. The van der Waals surface area contributed by atoms with Crippen LogP contribution in [-0.2, 0) is 5.41 Å². The van der Waals surface area contributed by atoms with Crippen molar-refractivity contribution in [3.8, 4) is 0 Å². The minimum absolute atomic E-state index is 0.231. The van der Waals surface area contributed by atoms with Gasteiger partial charge in [-0.2, -0.15) is 0 Å². The molecule has 0 unspecified atom stereocenters. The van der Waals surface area contributed by atoms with Gasteiger partial charge in [-0.15, -0.1) is 0 Å². The monoisotopic (exact) mass is 742 g/mol. The molecule has 0 amide bonds. The van der Waals surface area contributed by atoms with E-state index in [0.29, 0.717) is 0 Å². The summed E-state index contributed by atoms with van der Waals surface area (Å²) in [7, 11) is 0. The first-order valence-corrected chi connectivity index (χ1v) is 21.0. The number of hydrogen-bond donors (Lipinski definition) is 1. The predicted molar refractivity (Wildman–Crippen MR) is 239 cm³/mol. The highest BCUT2D eigenvalue weighted by molar-refractivity contribution is 8.04. The van der Waals surface area contributed by atoms with E-state index in [1.165, 1.54) is 69.7 Å². The average Bonchev–Trinajstić information content (AvgIpc) is 3.58. The summed E-state index contributed by atoms with van der Waals surface area (Å²) in [5.41, 5.74) is 8.08. The SMILES string of the molecule is C=C(/C=C/C=C(/C=C/C=C1\Sc2c(ccc3ccccc23)N1CC1CCCCC1)N(c1ccccc1)c1ccccc1)C(C)(C)c1ccccc1[NH2+]CCC. The third kappa shape index (κ3) is 8.93. The second-order valence-corrected chi connectivity index (χ2v) is 16.4. The maximum Gasteiger partial charge on any atom is 0.133 e. The fraction of sp³-hybridized carbons (Fsp3) is 0.255. The molecule has 3 nitrogen and oxygen atoms in total. The number of nitrogens with zero attached hydrogens (tertiary/aromatic N) is 2. The van der Waals surface area contributed by atoms with Crippen molar-refractivity contribution in [1.29, 1.82) is 0 Å². The third-order valence-electron chi connectivity index (χ3n) is 11.2. The van der Waals surface area contributed by atoms with Gasteiger partial charge in [-0.05, 0) is 96.2 Å². The van der Waals surface area contributed by atoms with Crippen LogP contribution in [0, 0.1) is 5.92 Å². The van der Waals surface area contributed by atoms with E-state index in [1.807, 2.05) is 11.8 Å². The van der Waals surface area contributed by atoms with Gasteiger partial charge in [-0.1, -0.05) is 162 Å². The lowest BCUT2D eigenvalue weighted by molar-refractivity contribution is -0.572. The van der Waals surface area contributed by atoms with Gasteiger partial charge in [-0.25, -0.2) is 0 Å². The zero-order chi connectivity index (χ0) is 38.0. The molecular formula is C51H56N3S+. The molecule has 0 radical (unpaired) electrons. The van der Waals surface area contributed by atoms with Crippen molar-refractivity contribution < 1.29 is 5.32 Å². The molecule has 1 aliphatic carbocycles.